The van der Waals surface area contributed by atoms with E-state index >= 15 is 0 Å². The van der Waals surface area contributed by atoms with Gasteiger partial charge in [-0.05, 0) is 19.1 Å². The van der Waals surface area contributed by atoms with Crippen molar-refractivity contribution in [3.05, 3.63) is 21.3 Å². The van der Waals surface area contributed by atoms with Crippen LogP contribution in [0.5, 0.6) is 0 Å². The molecule has 100 valence electrons. The first kappa shape index (κ1) is 14.8. The number of ether oxygens (including phenoxy) is 1. The van der Waals surface area contributed by atoms with Crippen molar-refractivity contribution in [2.24, 2.45) is 0 Å². The first-order valence-electron chi connectivity index (χ1n) is 4.95. The molecular weight excluding hydrogens is 288 g/mol. The largest absolute Gasteiger partial charge is 0.462 e. The van der Waals surface area contributed by atoms with Crippen molar-refractivity contribution >= 4 is 34.8 Å². The third-order valence-electron chi connectivity index (χ3n) is 1.84. The Bertz CT molecular complexity index is 450. The zero-order chi connectivity index (χ0) is 13.8. The Kier molecular flexibility index (Phi) is 5.03. The van der Waals surface area contributed by atoms with Crippen LogP contribution < -0.4 is 5.32 Å². The van der Waals surface area contributed by atoms with E-state index in [1.807, 2.05) is 5.32 Å². The summed E-state index contributed by atoms with van der Waals surface area (Å²) >= 11 is 6.56. The zero-order valence-corrected chi connectivity index (χ0v) is 10.9. The van der Waals surface area contributed by atoms with Crippen LogP contribution in [-0.4, -0.2) is 31.0 Å². The summed E-state index contributed by atoms with van der Waals surface area (Å²) < 4.78 is 30.9. The Balaban J connectivity index is 2.54. The minimum Gasteiger partial charge on any atom is -0.462 e. The molecule has 1 N–H and O–H groups in total. The number of halogens is 3. The number of nitrogens with one attached hydrogen (secondary N) is 1. The fourth-order valence-corrected chi connectivity index (χ4v) is 1.98. The van der Waals surface area contributed by atoms with Crippen molar-refractivity contribution in [3.63, 3.8) is 0 Å². The molecule has 8 heteroatoms. The van der Waals surface area contributed by atoms with E-state index in [-0.39, 0.29) is 11.5 Å². The van der Waals surface area contributed by atoms with E-state index < -0.39 is 24.3 Å². The number of rotatable bonds is 5. The van der Waals surface area contributed by atoms with Gasteiger partial charge in [-0.3, -0.25) is 4.79 Å². The molecule has 1 aromatic rings. The summed E-state index contributed by atoms with van der Waals surface area (Å²) in [6.45, 7) is 0.156. The lowest BCUT2D eigenvalue weighted by molar-refractivity contribution is -0.170. The molecule has 0 radical (unpaired) electrons. The molecule has 1 heterocycles. The molecule has 18 heavy (non-hydrogen) atoms. The van der Waals surface area contributed by atoms with Gasteiger partial charge in [0, 0.05) is 0 Å². The summed E-state index contributed by atoms with van der Waals surface area (Å²) in [5, 5.41) is 1.95. The van der Waals surface area contributed by atoms with Gasteiger partial charge in [-0.1, -0.05) is 11.6 Å². The normalized spacial score (nSPS) is 11.1. The summed E-state index contributed by atoms with van der Waals surface area (Å²) in [6.07, 6.45) is 0. The number of carbonyl (C=O) groups is 2. The number of carbonyl (C=O) groups excluding carboxylic acids is 2. The van der Waals surface area contributed by atoms with Crippen molar-refractivity contribution < 1.29 is 23.1 Å². The zero-order valence-electron chi connectivity index (χ0n) is 9.34. The number of amides is 1. The molecule has 4 nitrogen and oxygen atoms in total. The van der Waals surface area contributed by atoms with Crippen LogP contribution in [-0.2, 0) is 9.53 Å². The molecule has 0 aliphatic carbocycles. The second-order valence-corrected chi connectivity index (χ2v) is 4.93. The molecule has 1 amide bonds. The minimum absolute atomic E-state index is 0.150. The average Bonchev–Trinajstić information content (AvgIpc) is 2.73. The van der Waals surface area contributed by atoms with E-state index in [1.54, 1.807) is 0 Å². The minimum atomic E-state index is -3.74. The van der Waals surface area contributed by atoms with Gasteiger partial charge in [-0.15, -0.1) is 11.3 Å². The van der Waals surface area contributed by atoms with E-state index in [0.29, 0.717) is 4.34 Å². The fourth-order valence-electron chi connectivity index (χ4n) is 1.02. The second kappa shape index (κ2) is 6.10. The molecule has 0 bridgehead atoms. The Morgan fingerprint density at radius 2 is 2.17 bits per heavy atom. The van der Waals surface area contributed by atoms with Crippen molar-refractivity contribution in [2.45, 2.75) is 12.8 Å². The van der Waals surface area contributed by atoms with Crippen LogP contribution in [0.25, 0.3) is 0 Å². The highest BCUT2D eigenvalue weighted by molar-refractivity contribution is 7.17. The molecule has 0 spiro atoms. The van der Waals surface area contributed by atoms with Gasteiger partial charge in [0.15, 0.2) is 0 Å². The van der Waals surface area contributed by atoms with Gasteiger partial charge in [0.2, 0.25) is 0 Å². The summed E-state index contributed by atoms with van der Waals surface area (Å²) in [5.74, 6) is -6.11. The molecule has 0 atom stereocenters. The van der Waals surface area contributed by atoms with Crippen LogP contribution in [0.2, 0.25) is 4.34 Å². The maximum atomic E-state index is 13.2. The monoisotopic (exact) mass is 297 g/mol. The third-order valence-corrected chi connectivity index (χ3v) is 3.07. The Morgan fingerprint density at radius 1 is 1.50 bits per heavy atom. The molecule has 0 unspecified atom stereocenters. The van der Waals surface area contributed by atoms with Gasteiger partial charge >= 0.3 is 11.9 Å². The summed E-state index contributed by atoms with van der Waals surface area (Å²) in [5.41, 5.74) is 0. The molecule has 0 aliphatic rings. The summed E-state index contributed by atoms with van der Waals surface area (Å²) in [4.78, 5) is 22.5. The lowest BCUT2D eigenvalue weighted by Gasteiger charge is -2.14. The highest BCUT2D eigenvalue weighted by Crippen LogP contribution is 2.21. The van der Waals surface area contributed by atoms with Gasteiger partial charge < -0.3 is 10.1 Å². The summed E-state index contributed by atoms with van der Waals surface area (Å²) in [7, 11) is 0. The summed E-state index contributed by atoms with van der Waals surface area (Å²) in [6, 6.07) is 2.88. The van der Waals surface area contributed by atoms with Crippen molar-refractivity contribution in [3.8, 4) is 0 Å². The van der Waals surface area contributed by atoms with E-state index in [2.05, 4.69) is 4.74 Å². The lowest BCUT2D eigenvalue weighted by atomic mass is 10.3. The van der Waals surface area contributed by atoms with Gasteiger partial charge in [-0.2, -0.15) is 8.78 Å². The van der Waals surface area contributed by atoms with Gasteiger partial charge in [0.05, 0.1) is 22.4 Å². The molecule has 0 aliphatic heterocycles. The van der Waals surface area contributed by atoms with Gasteiger partial charge in [0.1, 0.15) is 0 Å². The topological polar surface area (TPSA) is 55.4 Å². The molecule has 0 saturated carbocycles. The van der Waals surface area contributed by atoms with Crippen molar-refractivity contribution in [1.82, 2.24) is 5.32 Å². The van der Waals surface area contributed by atoms with Crippen LogP contribution in [0.1, 0.15) is 16.6 Å². The molecule has 0 aromatic carbocycles. The predicted molar refractivity (Wildman–Crippen MR) is 63.2 cm³/mol. The predicted octanol–water partition coefficient (Wildman–Crippen LogP) is 2.33. The first-order chi connectivity index (χ1) is 8.36. The highest BCUT2D eigenvalue weighted by atomic mass is 35.5. The first-order valence-corrected chi connectivity index (χ1v) is 6.15. The smallest absolute Gasteiger partial charge is 0.378 e. The molecule has 1 rings (SSSR count). The molecular formula is C10H10ClF2NO3S. The van der Waals surface area contributed by atoms with Crippen molar-refractivity contribution in [2.75, 3.05) is 13.2 Å². The van der Waals surface area contributed by atoms with E-state index in [4.69, 9.17) is 11.6 Å². The lowest BCUT2D eigenvalue weighted by Crippen LogP contribution is -2.43. The maximum absolute atomic E-state index is 13.2. The van der Waals surface area contributed by atoms with Crippen molar-refractivity contribution in [1.29, 1.82) is 0 Å². The van der Waals surface area contributed by atoms with E-state index in [0.717, 1.165) is 11.3 Å². The quantitative estimate of drug-likeness (QED) is 0.849. The van der Waals surface area contributed by atoms with Gasteiger partial charge in [-0.25, -0.2) is 4.79 Å². The van der Waals surface area contributed by atoms with Crippen LogP contribution in [0.4, 0.5) is 8.78 Å². The fraction of sp³-hybridized carbons (Fsp3) is 0.400. The highest BCUT2D eigenvalue weighted by Gasteiger charge is 2.40. The number of hydrogen-bond donors (Lipinski definition) is 1. The third kappa shape index (κ3) is 3.92. The number of thiophene rings is 1. The average molecular weight is 298 g/mol. The second-order valence-electron chi connectivity index (χ2n) is 3.21. The number of esters is 1. The van der Waals surface area contributed by atoms with Crippen LogP contribution >= 0.6 is 22.9 Å². The SMILES string of the molecule is CCOC(=O)C(F)(F)CNC(=O)c1ccc(Cl)s1. The molecule has 0 saturated heterocycles. The van der Waals surface area contributed by atoms with E-state index in [1.165, 1.54) is 19.1 Å². The maximum Gasteiger partial charge on any atom is 0.378 e. The van der Waals surface area contributed by atoms with Crippen LogP contribution in [0, 0.1) is 0 Å². The Hall–Kier alpha value is -1.21. The van der Waals surface area contributed by atoms with Crippen LogP contribution in [0.3, 0.4) is 0 Å². The number of hydrogen-bond acceptors (Lipinski definition) is 4. The van der Waals surface area contributed by atoms with Gasteiger partial charge in [0.25, 0.3) is 5.91 Å². The van der Waals surface area contributed by atoms with E-state index in [9.17, 15) is 18.4 Å². The van der Waals surface area contributed by atoms with Crippen LogP contribution in [0.15, 0.2) is 12.1 Å². The standard InChI is InChI=1S/C10H10ClF2NO3S/c1-2-17-9(16)10(12,13)5-14-8(15)6-3-4-7(11)18-6/h3-4H,2,5H2,1H3,(H,14,15). The Morgan fingerprint density at radius 3 is 2.67 bits per heavy atom. The Labute approximate surface area is 111 Å². The molecule has 1 aromatic heterocycles. The number of alkyl halides is 2. The molecule has 0 fully saturated rings.